The number of amides is 1. The van der Waals surface area contributed by atoms with Crippen molar-refractivity contribution in [1.29, 1.82) is 0 Å². The molecule has 1 amide bonds. The molecule has 1 aliphatic heterocycles. The second kappa shape index (κ2) is 7.48. The number of hydrogen-bond donors (Lipinski definition) is 1. The molecule has 0 fully saturated rings. The number of rotatable bonds is 4. The fourth-order valence-corrected chi connectivity index (χ4v) is 4.44. The van der Waals surface area contributed by atoms with E-state index in [4.69, 9.17) is 4.74 Å². The van der Waals surface area contributed by atoms with Gasteiger partial charge in [-0.2, -0.15) is 0 Å². The number of fused-ring (bicyclic) bond motifs is 2. The van der Waals surface area contributed by atoms with Crippen molar-refractivity contribution < 1.29 is 14.3 Å². The first kappa shape index (κ1) is 19.2. The Bertz CT molecular complexity index is 1390. The van der Waals surface area contributed by atoms with Crippen LogP contribution >= 0.6 is 11.3 Å². The van der Waals surface area contributed by atoms with Crippen molar-refractivity contribution >= 4 is 38.9 Å². The summed E-state index contributed by atoms with van der Waals surface area (Å²) in [5.74, 6) is -0.0253. The first-order valence-electron chi connectivity index (χ1n) is 9.69. The quantitative estimate of drug-likeness (QED) is 0.497. The summed E-state index contributed by atoms with van der Waals surface area (Å²) in [4.78, 5) is 43.6. The number of benzene rings is 2. The van der Waals surface area contributed by atoms with Crippen LogP contribution < -0.4 is 15.6 Å². The summed E-state index contributed by atoms with van der Waals surface area (Å²) in [7, 11) is 0. The van der Waals surface area contributed by atoms with Gasteiger partial charge in [0.1, 0.15) is 10.6 Å². The molecule has 154 valence electrons. The molecular formula is C23H17N3O4S. The Morgan fingerprint density at radius 1 is 1.16 bits per heavy atom. The van der Waals surface area contributed by atoms with Crippen molar-refractivity contribution in [2.45, 2.75) is 19.6 Å². The van der Waals surface area contributed by atoms with E-state index in [0.29, 0.717) is 27.2 Å². The van der Waals surface area contributed by atoms with Gasteiger partial charge in [0.05, 0.1) is 23.9 Å². The lowest BCUT2D eigenvalue weighted by atomic mass is 10.1. The Balaban J connectivity index is 1.43. The second-order valence-corrected chi connectivity index (χ2v) is 8.29. The molecule has 4 aromatic rings. The molecule has 31 heavy (non-hydrogen) atoms. The highest BCUT2D eigenvalue weighted by molar-refractivity contribution is 7.21. The maximum Gasteiger partial charge on any atom is 0.265 e. The summed E-state index contributed by atoms with van der Waals surface area (Å²) >= 11 is 1.44. The predicted octanol–water partition coefficient (Wildman–Crippen LogP) is 3.73. The molecule has 0 radical (unpaired) electrons. The minimum Gasteiger partial charge on any atom is -0.479 e. The molecule has 1 unspecified atom stereocenters. The van der Waals surface area contributed by atoms with Crippen LogP contribution in [0.25, 0.3) is 20.7 Å². The fourth-order valence-electron chi connectivity index (χ4n) is 3.45. The molecule has 8 heteroatoms. The molecule has 0 aliphatic carbocycles. The summed E-state index contributed by atoms with van der Waals surface area (Å²) in [6, 6.07) is 16.4. The van der Waals surface area contributed by atoms with Crippen LogP contribution in [0.3, 0.4) is 0 Å². The van der Waals surface area contributed by atoms with Gasteiger partial charge in [0.15, 0.2) is 11.9 Å². The van der Waals surface area contributed by atoms with Crippen LogP contribution in [0.15, 0.2) is 65.7 Å². The Labute approximate surface area is 180 Å². The van der Waals surface area contributed by atoms with E-state index in [1.165, 1.54) is 22.2 Å². The van der Waals surface area contributed by atoms with E-state index in [0.717, 1.165) is 10.4 Å². The summed E-state index contributed by atoms with van der Waals surface area (Å²) in [6.45, 7) is 1.50. The van der Waals surface area contributed by atoms with Gasteiger partial charge in [0.2, 0.25) is 0 Å². The number of nitrogens with one attached hydrogen (secondary N) is 1. The summed E-state index contributed by atoms with van der Waals surface area (Å²) in [5.41, 5.74) is 1.57. The number of aromatic nitrogens is 2. The highest BCUT2D eigenvalue weighted by atomic mass is 32.1. The Hall–Kier alpha value is -3.78. The minimum atomic E-state index is -0.586. The van der Waals surface area contributed by atoms with Gasteiger partial charge in [0.25, 0.3) is 11.5 Å². The minimum absolute atomic E-state index is 0.151. The first-order chi connectivity index (χ1) is 15.0. The SMILES string of the molecule is CC1Oc2ccc(C(=O)Cn3cnc4sc(-c5ccccc5)cc4c3=O)cc2NC1=O. The third-order valence-corrected chi connectivity index (χ3v) is 6.21. The van der Waals surface area contributed by atoms with E-state index in [2.05, 4.69) is 10.3 Å². The van der Waals surface area contributed by atoms with Crippen molar-refractivity contribution in [1.82, 2.24) is 9.55 Å². The normalized spacial score (nSPS) is 15.3. The number of ether oxygens (including phenoxy) is 1. The van der Waals surface area contributed by atoms with Crippen LogP contribution in [0, 0.1) is 0 Å². The molecule has 2 aromatic heterocycles. The van der Waals surface area contributed by atoms with Crippen molar-refractivity contribution in [3.05, 3.63) is 76.8 Å². The average molecular weight is 431 g/mol. The molecular weight excluding hydrogens is 414 g/mol. The predicted molar refractivity (Wildman–Crippen MR) is 119 cm³/mol. The van der Waals surface area contributed by atoms with Gasteiger partial charge in [-0.05, 0) is 36.8 Å². The average Bonchev–Trinajstić information content (AvgIpc) is 3.22. The molecule has 2 aromatic carbocycles. The van der Waals surface area contributed by atoms with Crippen molar-refractivity contribution in [3.63, 3.8) is 0 Å². The second-order valence-electron chi connectivity index (χ2n) is 7.26. The molecule has 0 saturated carbocycles. The molecule has 0 saturated heterocycles. The molecule has 3 heterocycles. The number of carbonyl (C=O) groups excluding carboxylic acids is 2. The van der Waals surface area contributed by atoms with Crippen LogP contribution in [0.1, 0.15) is 17.3 Å². The molecule has 1 atom stereocenters. The molecule has 5 rings (SSSR count). The van der Waals surface area contributed by atoms with Crippen LogP contribution in [-0.2, 0) is 11.3 Å². The maximum absolute atomic E-state index is 13.0. The Morgan fingerprint density at radius 2 is 1.97 bits per heavy atom. The lowest BCUT2D eigenvalue weighted by Crippen LogP contribution is -2.34. The standard InChI is InChI=1S/C23H17N3O4S/c1-13-21(28)25-17-9-15(7-8-19(17)30-13)18(27)11-26-12-24-22-16(23(26)29)10-20(31-22)14-5-3-2-4-6-14/h2-10,12-13H,11H2,1H3,(H,25,28). The number of nitrogens with zero attached hydrogens (tertiary/aromatic N) is 2. The number of ketones is 1. The van der Waals surface area contributed by atoms with E-state index in [9.17, 15) is 14.4 Å². The van der Waals surface area contributed by atoms with Gasteiger partial charge in [-0.15, -0.1) is 11.3 Å². The number of hydrogen-bond acceptors (Lipinski definition) is 6. The highest BCUT2D eigenvalue weighted by Crippen LogP contribution is 2.31. The van der Waals surface area contributed by atoms with Crippen LogP contribution in [0.5, 0.6) is 5.75 Å². The Morgan fingerprint density at radius 3 is 2.77 bits per heavy atom. The number of thiophene rings is 1. The third-order valence-electron chi connectivity index (χ3n) is 5.12. The topological polar surface area (TPSA) is 90.3 Å². The smallest absolute Gasteiger partial charge is 0.265 e. The number of Topliss-reactive ketones (excluding diaryl/α,β-unsaturated/α-hetero) is 1. The number of anilines is 1. The Kier molecular flexibility index (Phi) is 4.63. The highest BCUT2D eigenvalue weighted by Gasteiger charge is 2.24. The van der Waals surface area contributed by atoms with Gasteiger partial charge in [-0.25, -0.2) is 4.98 Å². The van der Waals surface area contributed by atoms with Crippen molar-refractivity contribution in [2.75, 3.05) is 5.32 Å². The lowest BCUT2D eigenvalue weighted by molar-refractivity contribution is -0.122. The third kappa shape index (κ3) is 3.51. The van der Waals surface area contributed by atoms with E-state index in [1.54, 1.807) is 25.1 Å². The number of carbonyl (C=O) groups is 2. The largest absolute Gasteiger partial charge is 0.479 e. The van der Waals surface area contributed by atoms with E-state index in [1.807, 2.05) is 36.4 Å². The zero-order valence-corrected chi connectivity index (χ0v) is 17.3. The maximum atomic E-state index is 13.0. The monoisotopic (exact) mass is 431 g/mol. The lowest BCUT2D eigenvalue weighted by Gasteiger charge is -2.23. The van der Waals surface area contributed by atoms with Gasteiger partial charge in [-0.1, -0.05) is 30.3 Å². The van der Waals surface area contributed by atoms with Gasteiger partial charge in [0, 0.05) is 10.4 Å². The van der Waals surface area contributed by atoms with Crippen LogP contribution in [-0.4, -0.2) is 27.3 Å². The zero-order valence-electron chi connectivity index (χ0n) is 16.5. The molecule has 0 spiro atoms. The van der Waals surface area contributed by atoms with Gasteiger partial charge in [-0.3, -0.25) is 19.0 Å². The van der Waals surface area contributed by atoms with E-state index in [-0.39, 0.29) is 23.8 Å². The fraction of sp³-hybridized carbons (Fsp3) is 0.130. The summed E-state index contributed by atoms with van der Waals surface area (Å²) < 4.78 is 6.82. The van der Waals surface area contributed by atoms with Gasteiger partial charge >= 0.3 is 0 Å². The summed E-state index contributed by atoms with van der Waals surface area (Å²) in [6.07, 6.45) is 0.815. The summed E-state index contributed by atoms with van der Waals surface area (Å²) in [5, 5.41) is 3.21. The first-order valence-corrected chi connectivity index (χ1v) is 10.5. The van der Waals surface area contributed by atoms with E-state index < -0.39 is 6.10 Å². The van der Waals surface area contributed by atoms with Crippen molar-refractivity contribution in [2.24, 2.45) is 0 Å². The van der Waals surface area contributed by atoms with Crippen LogP contribution in [0.4, 0.5) is 5.69 Å². The zero-order chi connectivity index (χ0) is 21.5. The van der Waals surface area contributed by atoms with E-state index >= 15 is 0 Å². The molecule has 7 nitrogen and oxygen atoms in total. The van der Waals surface area contributed by atoms with Crippen molar-refractivity contribution in [3.8, 4) is 16.2 Å². The van der Waals surface area contributed by atoms with Crippen LogP contribution in [0.2, 0.25) is 0 Å². The van der Waals surface area contributed by atoms with Gasteiger partial charge < -0.3 is 10.1 Å². The molecule has 0 bridgehead atoms. The molecule has 1 N–H and O–H groups in total. The molecule has 1 aliphatic rings.